The van der Waals surface area contributed by atoms with Crippen LogP contribution in [0.25, 0.3) is 0 Å². The Morgan fingerprint density at radius 1 is 1.29 bits per heavy atom. The smallest absolute Gasteiger partial charge is 0.250 e. The van der Waals surface area contributed by atoms with Crippen molar-refractivity contribution < 1.29 is 9.59 Å². The molecule has 0 aromatic rings. The SMILES string of the molecule is C=C/C=C\C(=C)N(C)C(=O)/C=C\C=O. The van der Waals surface area contributed by atoms with Crippen molar-refractivity contribution in [2.75, 3.05) is 7.05 Å². The number of hydrogen-bond donors (Lipinski definition) is 0. The second-order valence-corrected chi connectivity index (χ2v) is 2.48. The first kappa shape index (κ1) is 12.1. The van der Waals surface area contributed by atoms with Crippen molar-refractivity contribution in [2.24, 2.45) is 0 Å². The van der Waals surface area contributed by atoms with Gasteiger partial charge in [0.05, 0.1) is 0 Å². The van der Waals surface area contributed by atoms with Crippen LogP contribution in [0.15, 0.2) is 49.2 Å². The Morgan fingerprint density at radius 3 is 2.43 bits per heavy atom. The molecule has 0 fully saturated rings. The monoisotopic (exact) mass is 191 g/mol. The summed E-state index contributed by atoms with van der Waals surface area (Å²) in [7, 11) is 1.58. The molecule has 0 bridgehead atoms. The van der Waals surface area contributed by atoms with Gasteiger partial charge in [-0.05, 0) is 12.2 Å². The van der Waals surface area contributed by atoms with Crippen molar-refractivity contribution in [3.05, 3.63) is 49.2 Å². The Hall–Kier alpha value is -1.90. The van der Waals surface area contributed by atoms with E-state index in [1.54, 1.807) is 25.3 Å². The van der Waals surface area contributed by atoms with E-state index in [9.17, 15) is 9.59 Å². The molecule has 0 aliphatic rings. The van der Waals surface area contributed by atoms with Gasteiger partial charge in [0.15, 0.2) is 0 Å². The zero-order valence-corrected chi connectivity index (χ0v) is 8.14. The van der Waals surface area contributed by atoms with Crippen LogP contribution in [0.3, 0.4) is 0 Å². The van der Waals surface area contributed by atoms with Crippen LogP contribution >= 0.6 is 0 Å². The van der Waals surface area contributed by atoms with Crippen molar-refractivity contribution in [3.8, 4) is 0 Å². The maximum Gasteiger partial charge on any atom is 0.250 e. The fourth-order valence-corrected chi connectivity index (χ4v) is 0.666. The number of carbonyl (C=O) groups excluding carboxylic acids is 2. The van der Waals surface area contributed by atoms with E-state index in [1.807, 2.05) is 0 Å². The number of carbonyl (C=O) groups is 2. The fraction of sp³-hybridized carbons (Fsp3) is 0.0909. The van der Waals surface area contributed by atoms with Crippen LogP contribution in [0.2, 0.25) is 0 Å². The van der Waals surface area contributed by atoms with Gasteiger partial charge in [-0.3, -0.25) is 9.59 Å². The summed E-state index contributed by atoms with van der Waals surface area (Å²) in [5.74, 6) is -0.296. The fourth-order valence-electron chi connectivity index (χ4n) is 0.666. The van der Waals surface area contributed by atoms with E-state index in [-0.39, 0.29) is 5.91 Å². The molecule has 74 valence electrons. The molecule has 0 atom stereocenters. The van der Waals surface area contributed by atoms with Crippen molar-refractivity contribution >= 4 is 12.2 Å². The van der Waals surface area contributed by atoms with E-state index in [4.69, 9.17) is 0 Å². The molecule has 0 aromatic carbocycles. The van der Waals surface area contributed by atoms with E-state index >= 15 is 0 Å². The second-order valence-electron chi connectivity index (χ2n) is 2.48. The van der Waals surface area contributed by atoms with Gasteiger partial charge in [0.2, 0.25) is 0 Å². The van der Waals surface area contributed by atoms with Crippen LogP contribution in [0.1, 0.15) is 0 Å². The van der Waals surface area contributed by atoms with Gasteiger partial charge in [0, 0.05) is 18.8 Å². The summed E-state index contributed by atoms with van der Waals surface area (Å²) < 4.78 is 0. The minimum absolute atomic E-state index is 0.296. The van der Waals surface area contributed by atoms with E-state index < -0.39 is 0 Å². The summed E-state index contributed by atoms with van der Waals surface area (Å²) >= 11 is 0. The molecular weight excluding hydrogens is 178 g/mol. The Kier molecular flexibility index (Phi) is 5.70. The van der Waals surface area contributed by atoms with Crippen molar-refractivity contribution in [1.29, 1.82) is 0 Å². The first-order chi connectivity index (χ1) is 6.63. The predicted octanol–water partition coefficient (Wildman–Crippen LogP) is 1.46. The van der Waals surface area contributed by atoms with Crippen molar-refractivity contribution in [1.82, 2.24) is 4.90 Å². The minimum atomic E-state index is -0.296. The van der Waals surface area contributed by atoms with Crippen LogP contribution < -0.4 is 0 Å². The summed E-state index contributed by atoms with van der Waals surface area (Å²) in [6.45, 7) is 7.16. The van der Waals surface area contributed by atoms with Crippen molar-refractivity contribution in [3.63, 3.8) is 0 Å². The Morgan fingerprint density at radius 2 is 1.93 bits per heavy atom. The molecular formula is C11H13NO2. The summed E-state index contributed by atoms with van der Waals surface area (Å²) in [6.07, 6.45) is 7.79. The maximum absolute atomic E-state index is 11.3. The van der Waals surface area contributed by atoms with E-state index in [1.165, 1.54) is 11.0 Å². The quantitative estimate of drug-likeness (QED) is 0.375. The van der Waals surface area contributed by atoms with E-state index in [0.717, 1.165) is 6.08 Å². The average molecular weight is 191 g/mol. The predicted molar refractivity (Wildman–Crippen MR) is 56.5 cm³/mol. The molecule has 3 nitrogen and oxygen atoms in total. The molecule has 3 heteroatoms. The molecule has 0 aliphatic heterocycles. The zero-order valence-electron chi connectivity index (χ0n) is 8.14. The molecule has 0 heterocycles. The molecule has 0 N–H and O–H groups in total. The summed E-state index contributed by atoms with van der Waals surface area (Å²) in [5.41, 5.74) is 0.533. The third kappa shape index (κ3) is 4.21. The van der Waals surface area contributed by atoms with Crippen LogP contribution in [0.5, 0.6) is 0 Å². The van der Waals surface area contributed by atoms with Crippen LogP contribution in [-0.2, 0) is 9.59 Å². The van der Waals surface area contributed by atoms with Gasteiger partial charge in [-0.2, -0.15) is 0 Å². The van der Waals surface area contributed by atoms with Gasteiger partial charge in [-0.15, -0.1) is 0 Å². The summed E-state index contributed by atoms with van der Waals surface area (Å²) in [4.78, 5) is 22.6. The molecule has 0 unspecified atom stereocenters. The maximum atomic E-state index is 11.3. The standard InChI is InChI=1S/C11H13NO2/c1-4-5-7-10(2)12(3)11(14)8-6-9-13/h4-9H,1-2H2,3H3/b7-5-,8-6-. The number of nitrogens with zero attached hydrogens (tertiary/aromatic N) is 1. The summed E-state index contributed by atoms with van der Waals surface area (Å²) in [5, 5.41) is 0. The number of amides is 1. The van der Waals surface area contributed by atoms with Gasteiger partial charge in [0.25, 0.3) is 5.91 Å². The van der Waals surface area contributed by atoms with Crippen LogP contribution in [0.4, 0.5) is 0 Å². The molecule has 1 amide bonds. The number of rotatable bonds is 5. The lowest BCUT2D eigenvalue weighted by atomic mass is 10.3. The molecule has 0 spiro atoms. The molecule has 0 saturated heterocycles. The topological polar surface area (TPSA) is 37.4 Å². The first-order valence-corrected chi connectivity index (χ1v) is 4.01. The normalized spacial score (nSPS) is 10.4. The third-order valence-electron chi connectivity index (χ3n) is 1.50. The number of likely N-dealkylation sites (N-methyl/N-ethyl adjacent to an activating group) is 1. The second kappa shape index (κ2) is 6.60. The third-order valence-corrected chi connectivity index (χ3v) is 1.50. The lowest BCUT2D eigenvalue weighted by Crippen LogP contribution is -2.22. The zero-order chi connectivity index (χ0) is 11.0. The Balaban J connectivity index is 4.38. The number of hydrogen-bond acceptors (Lipinski definition) is 2. The van der Waals surface area contributed by atoms with Gasteiger partial charge in [0.1, 0.15) is 6.29 Å². The summed E-state index contributed by atoms with van der Waals surface area (Å²) in [6, 6.07) is 0. The highest BCUT2D eigenvalue weighted by Crippen LogP contribution is 2.01. The van der Waals surface area contributed by atoms with Gasteiger partial charge in [-0.1, -0.05) is 25.3 Å². The largest absolute Gasteiger partial charge is 0.313 e. The lowest BCUT2D eigenvalue weighted by Gasteiger charge is -2.14. The highest BCUT2D eigenvalue weighted by molar-refractivity contribution is 5.92. The molecule has 0 aromatic heterocycles. The molecule has 0 rings (SSSR count). The van der Waals surface area contributed by atoms with Gasteiger partial charge < -0.3 is 4.90 Å². The van der Waals surface area contributed by atoms with Crippen LogP contribution in [0, 0.1) is 0 Å². The highest BCUT2D eigenvalue weighted by Gasteiger charge is 2.04. The molecule has 0 aliphatic carbocycles. The molecule has 0 radical (unpaired) electrons. The van der Waals surface area contributed by atoms with E-state index in [2.05, 4.69) is 13.2 Å². The van der Waals surface area contributed by atoms with Crippen molar-refractivity contribution in [2.45, 2.75) is 0 Å². The Labute approximate surface area is 83.7 Å². The Bertz CT molecular complexity index is 270. The molecule has 14 heavy (non-hydrogen) atoms. The average Bonchev–Trinajstić information content (AvgIpc) is 2.21. The van der Waals surface area contributed by atoms with Crippen LogP contribution in [-0.4, -0.2) is 24.1 Å². The number of allylic oxidation sites excluding steroid dienone is 4. The van der Waals surface area contributed by atoms with Gasteiger partial charge >= 0.3 is 0 Å². The minimum Gasteiger partial charge on any atom is -0.313 e. The number of aldehydes is 1. The van der Waals surface area contributed by atoms with E-state index in [0.29, 0.717) is 12.0 Å². The first-order valence-electron chi connectivity index (χ1n) is 4.01. The lowest BCUT2D eigenvalue weighted by molar-refractivity contribution is -0.123. The van der Waals surface area contributed by atoms with Gasteiger partial charge in [-0.25, -0.2) is 0 Å². The highest BCUT2D eigenvalue weighted by atomic mass is 16.2. The molecule has 0 saturated carbocycles.